The van der Waals surface area contributed by atoms with Crippen LogP contribution in [0.2, 0.25) is 0 Å². The molecule has 3 rings (SSSR count). The lowest BCUT2D eigenvalue weighted by molar-refractivity contribution is -0.123. The van der Waals surface area contributed by atoms with Crippen LogP contribution in [0.25, 0.3) is 0 Å². The smallest absolute Gasteiger partial charge is 0.236 e. The Labute approximate surface area is 121 Å². The Morgan fingerprint density at radius 2 is 2.11 bits per heavy atom. The van der Waals surface area contributed by atoms with Crippen LogP contribution < -0.4 is 4.90 Å². The molecule has 0 saturated heterocycles. The zero-order valence-corrected chi connectivity index (χ0v) is 12.1. The summed E-state index contributed by atoms with van der Waals surface area (Å²) in [6, 6.07) is 4.55. The predicted octanol–water partition coefficient (Wildman–Crippen LogP) is 3.69. The second kappa shape index (κ2) is 4.10. The summed E-state index contributed by atoms with van der Waals surface area (Å²) in [6.07, 6.45) is 2.09. The minimum Gasteiger partial charge on any atom is -0.312 e. The number of carbonyl (C=O) groups is 1. The molecule has 1 aromatic carbocycles. The first kappa shape index (κ1) is 13.2. The van der Waals surface area contributed by atoms with Crippen LogP contribution in [0.3, 0.4) is 0 Å². The Balaban J connectivity index is 1.95. The van der Waals surface area contributed by atoms with Crippen molar-refractivity contribution >= 4 is 34.8 Å². The van der Waals surface area contributed by atoms with Crippen molar-refractivity contribution in [2.24, 2.45) is 5.41 Å². The maximum Gasteiger partial charge on any atom is 0.236 e. The van der Waals surface area contributed by atoms with E-state index in [9.17, 15) is 9.18 Å². The van der Waals surface area contributed by atoms with Gasteiger partial charge in [-0.1, -0.05) is 0 Å². The monoisotopic (exact) mass is 301 g/mol. The van der Waals surface area contributed by atoms with Crippen LogP contribution in [0, 0.1) is 11.2 Å². The minimum absolute atomic E-state index is 0.0648. The number of fused-ring (bicyclic) bond motifs is 1. The van der Waals surface area contributed by atoms with Crippen LogP contribution in [-0.2, 0) is 11.2 Å². The highest BCUT2D eigenvalue weighted by Crippen LogP contribution is 2.64. The maximum absolute atomic E-state index is 13.2. The van der Waals surface area contributed by atoms with Gasteiger partial charge in [-0.3, -0.25) is 4.79 Å². The molecule has 0 unspecified atom stereocenters. The lowest BCUT2D eigenvalue weighted by Crippen LogP contribution is -2.41. The van der Waals surface area contributed by atoms with Crippen molar-refractivity contribution in [2.75, 3.05) is 11.4 Å². The molecule has 19 heavy (non-hydrogen) atoms. The van der Waals surface area contributed by atoms with E-state index in [0.29, 0.717) is 13.0 Å². The summed E-state index contributed by atoms with van der Waals surface area (Å²) in [5, 5.41) is 0. The van der Waals surface area contributed by atoms with Crippen LogP contribution in [0.4, 0.5) is 10.1 Å². The van der Waals surface area contributed by atoms with Gasteiger partial charge in [0, 0.05) is 12.2 Å². The molecule has 0 spiro atoms. The van der Waals surface area contributed by atoms with Crippen LogP contribution in [0.5, 0.6) is 0 Å². The molecule has 1 saturated carbocycles. The van der Waals surface area contributed by atoms with E-state index in [1.165, 1.54) is 12.1 Å². The van der Waals surface area contributed by atoms with Gasteiger partial charge in [0.05, 0.1) is 5.41 Å². The predicted molar refractivity (Wildman–Crippen MR) is 74.2 cm³/mol. The number of alkyl halides is 2. The average molecular weight is 302 g/mol. The molecular formula is C14H14Cl2FNO. The molecule has 2 aliphatic rings. The fourth-order valence-corrected chi connectivity index (χ4v) is 3.40. The summed E-state index contributed by atoms with van der Waals surface area (Å²) in [6.45, 7) is 2.42. The highest BCUT2D eigenvalue weighted by molar-refractivity contribution is 6.53. The molecule has 1 aromatic rings. The molecule has 1 heterocycles. The van der Waals surface area contributed by atoms with Gasteiger partial charge in [-0.2, -0.15) is 0 Å². The third-order valence-corrected chi connectivity index (χ3v) is 5.24. The number of anilines is 1. The number of hydrogen-bond donors (Lipinski definition) is 0. The minimum atomic E-state index is -0.971. The second-order valence-electron chi connectivity index (χ2n) is 5.55. The maximum atomic E-state index is 13.2. The number of rotatable bonds is 1. The largest absolute Gasteiger partial charge is 0.312 e. The second-order valence-corrected chi connectivity index (χ2v) is 7.03. The third-order valence-electron chi connectivity index (χ3n) is 4.14. The van der Waals surface area contributed by atoms with E-state index in [2.05, 4.69) is 0 Å². The topological polar surface area (TPSA) is 20.3 Å². The fraction of sp³-hybridized carbons (Fsp3) is 0.500. The van der Waals surface area contributed by atoms with Crippen molar-refractivity contribution in [1.29, 1.82) is 0 Å². The van der Waals surface area contributed by atoms with Crippen molar-refractivity contribution in [3.05, 3.63) is 29.6 Å². The molecule has 1 atom stereocenters. The van der Waals surface area contributed by atoms with Crippen molar-refractivity contribution in [3.63, 3.8) is 0 Å². The first-order valence-corrected chi connectivity index (χ1v) is 7.09. The number of carbonyl (C=O) groups excluding carboxylic acids is 1. The van der Waals surface area contributed by atoms with Gasteiger partial charge in [-0.05, 0) is 49.9 Å². The average Bonchev–Trinajstić information content (AvgIpc) is 2.88. The van der Waals surface area contributed by atoms with Crippen LogP contribution in [-0.4, -0.2) is 16.8 Å². The molecule has 102 valence electrons. The van der Waals surface area contributed by atoms with Crippen LogP contribution in [0.15, 0.2) is 18.2 Å². The third kappa shape index (κ3) is 1.95. The molecule has 2 nitrogen and oxygen atoms in total. The summed E-state index contributed by atoms with van der Waals surface area (Å²) in [5.41, 5.74) is 0.938. The van der Waals surface area contributed by atoms with Gasteiger partial charge < -0.3 is 4.90 Å². The summed E-state index contributed by atoms with van der Waals surface area (Å²) in [5.74, 6) is -0.334. The van der Waals surface area contributed by atoms with E-state index in [-0.39, 0.29) is 11.7 Å². The van der Waals surface area contributed by atoms with Gasteiger partial charge in [-0.15, -0.1) is 23.2 Å². The van der Waals surface area contributed by atoms with Crippen molar-refractivity contribution < 1.29 is 9.18 Å². The van der Waals surface area contributed by atoms with Crippen molar-refractivity contribution in [3.8, 4) is 0 Å². The Kier molecular flexibility index (Phi) is 2.84. The highest BCUT2D eigenvalue weighted by Gasteiger charge is 2.69. The van der Waals surface area contributed by atoms with Crippen molar-refractivity contribution in [2.45, 2.75) is 30.5 Å². The van der Waals surface area contributed by atoms with Gasteiger partial charge in [0.2, 0.25) is 5.91 Å². The number of nitrogens with zero attached hydrogens (tertiary/aromatic N) is 1. The molecule has 5 heteroatoms. The van der Waals surface area contributed by atoms with Crippen LogP contribution in [0.1, 0.15) is 25.3 Å². The first-order valence-electron chi connectivity index (χ1n) is 6.33. The molecule has 1 fully saturated rings. The van der Waals surface area contributed by atoms with E-state index in [1.807, 2.05) is 0 Å². The van der Waals surface area contributed by atoms with Gasteiger partial charge in [0.1, 0.15) is 10.2 Å². The number of halogens is 3. The van der Waals surface area contributed by atoms with Gasteiger partial charge in [0.15, 0.2) is 0 Å². The Bertz CT molecular complexity index is 560. The molecular weight excluding hydrogens is 288 g/mol. The molecule has 0 aromatic heterocycles. The van der Waals surface area contributed by atoms with E-state index in [1.54, 1.807) is 17.9 Å². The van der Waals surface area contributed by atoms with Crippen molar-refractivity contribution in [1.82, 2.24) is 0 Å². The van der Waals surface area contributed by atoms with E-state index in [4.69, 9.17) is 23.2 Å². The lowest BCUT2D eigenvalue weighted by atomic mass is 9.99. The molecule has 1 aliphatic heterocycles. The zero-order valence-electron chi connectivity index (χ0n) is 10.5. The summed E-state index contributed by atoms with van der Waals surface area (Å²) in [4.78, 5) is 14.3. The van der Waals surface area contributed by atoms with Gasteiger partial charge in [-0.25, -0.2) is 4.39 Å². The van der Waals surface area contributed by atoms with Crippen LogP contribution >= 0.6 is 23.2 Å². The zero-order chi connectivity index (χ0) is 13.8. The van der Waals surface area contributed by atoms with E-state index < -0.39 is 9.75 Å². The number of amides is 1. The number of aryl methyl sites for hydroxylation is 1. The van der Waals surface area contributed by atoms with Gasteiger partial charge >= 0.3 is 0 Å². The fourth-order valence-electron chi connectivity index (χ4n) is 2.71. The quantitative estimate of drug-likeness (QED) is 0.725. The lowest BCUT2D eigenvalue weighted by Gasteiger charge is -2.32. The number of hydrogen-bond acceptors (Lipinski definition) is 1. The Hall–Kier alpha value is -0.800. The standard InChI is InChI=1S/C14H14Cl2FNO/c1-13(8-14(13,15)16)12(19)18-6-2-3-9-7-10(17)4-5-11(9)18/h4-5,7H,2-3,6,8H2,1H3/t13-/m1/s1. The summed E-state index contributed by atoms with van der Waals surface area (Å²) >= 11 is 12.1. The summed E-state index contributed by atoms with van der Waals surface area (Å²) < 4.78 is 12.3. The normalized spacial score (nSPS) is 27.9. The van der Waals surface area contributed by atoms with E-state index in [0.717, 1.165) is 24.1 Å². The molecule has 0 radical (unpaired) electrons. The van der Waals surface area contributed by atoms with Gasteiger partial charge in [0.25, 0.3) is 0 Å². The molecule has 1 aliphatic carbocycles. The summed E-state index contributed by atoms with van der Waals surface area (Å²) in [7, 11) is 0. The SMILES string of the molecule is C[C@]1(C(=O)N2CCCc3cc(F)ccc32)CC1(Cl)Cl. The molecule has 0 N–H and O–H groups in total. The molecule has 0 bridgehead atoms. The molecule has 1 amide bonds. The highest BCUT2D eigenvalue weighted by atomic mass is 35.5. The Morgan fingerprint density at radius 3 is 2.74 bits per heavy atom. The first-order chi connectivity index (χ1) is 8.85. The number of benzene rings is 1. The Morgan fingerprint density at radius 1 is 1.42 bits per heavy atom. The van der Waals surface area contributed by atoms with E-state index >= 15 is 0 Å².